The number of anilines is 1. The zero-order chi connectivity index (χ0) is 26.3. The maximum atomic E-state index is 13.4. The molecule has 4 aromatic rings. The van der Waals surface area contributed by atoms with Crippen molar-refractivity contribution in [3.63, 3.8) is 0 Å². The van der Waals surface area contributed by atoms with E-state index in [4.69, 9.17) is 14.2 Å². The van der Waals surface area contributed by atoms with Crippen LogP contribution in [0.3, 0.4) is 0 Å². The molecule has 1 unspecified atom stereocenters. The fourth-order valence-corrected chi connectivity index (χ4v) is 4.24. The van der Waals surface area contributed by atoms with Crippen molar-refractivity contribution in [2.24, 2.45) is 0 Å². The average molecular weight is 517 g/mol. The van der Waals surface area contributed by atoms with Crippen molar-refractivity contribution in [1.82, 2.24) is 14.6 Å². The molecule has 2 aromatic carbocycles. The van der Waals surface area contributed by atoms with E-state index in [0.717, 1.165) is 12.1 Å². The molecule has 13 heteroatoms. The van der Waals surface area contributed by atoms with E-state index in [1.54, 1.807) is 35.8 Å². The van der Waals surface area contributed by atoms with Gasteiger partial charge >= 0.3 is 6.18 Å². The van der Waals surface area contributed by atoms with Gasteiger partial charge in [0, 0.05) is 36.1 Å². The summed E-state index contributed by atoms with van der Waals surface area (Å²) in [5, 5.41) is 19.3. The molecule has 2 atom stereocenters. The van der Waals surface area contributed by atoms with Crippen molar-refractivity contribution >= 4 is 28.1 Å². The lowest BCUT2D eigenvalue weighted by Gasteiger charge is -2.20. The van der Waals surface area contributed by atoms with Gasteiger partial charge in [-0.3, -0.25) is 10.1 Å². The van der Waals surface area contributed by atoms with E-state index in [-0.39, 0.29) is 11.7 Å². The number of hydrogen-bond acceptors (Lipinski definition) is 8. The number of fused-ring (bicyclic) bond motifs is 3. The van der Waals surface area contributed by atoms with Crippen molar-refractivity contribution in [1.29, 1.82) is 0 Å². The first-order valence-electron chi connectivity index (χ1n) is 11.4. The van der Waals surface area contributed by atoms with Gasteiger partial charge in [0.15, 0.2) is 17.1 Å². The molecular formula is C24H22F3N5O5. The minimum atomic E-state index is -4.74. The number of methoxy groups -OCH3 is 1. The number of nitro groups is 1. The molecule has 1 aliphatic rings. The summed E-state index contributed by atoms with van der Waals surface area (Å²) in [7, 11) is 1.52. The molecule has 37 heavy (non-hydrogen) atoms. The largest absolute Gasteiger partial charge is 0.493 e. The molecule has 2 aromatic heterocycles. The molecule has 0 saturated carbocycles. The summed E-state index contributed by atoms with van der Waals surface area (Å²) in [6, 6.07) is 6.91. The molecule has 1 saturated heterocycles. The first-order chi connectivity index (χ1) is 17.6. The molecular weight excluding hydrogens is 495 g/mol. The Bertz CT molecular complexity index is 1480. The average Bonchev–Trinajstić information content (AvgIpc) is 3.55. The Morgan fingerprint density at radius 1 is 1.24 bits per heavy atom. The highest BCUT2D eigenvalue weighted by Crippen LogP contribution is 2.38. The van der Waals surface area contributed by atoms with Crippen molar-refractivity contribution in [3.8, 4) is 11.5 Å². The van der Waals surface area contributed by atoms with Gasteiger partial charge in [-0.05, 0) is 24.6 Å². The fourth-order valence-electron chi connectivity index (χ4n) is 4.24. The monoisotopic (exact) mass is 517 g/mol. The van der Waals surface area contributed by atoms with Crippen LogP contribution in [0.2, 0.25) is 0 Å². The number of nitrogens with one attached hydrogen (secondary N) is 1. The Morgan fingerprint density at radius 3 is 2.73 bits per heavy atom. The molecule has 1 N–H and O–H groups in total. The predicted molar refractivity (Wildman–Crippen MR) is 127 cm³/mol. The number of benzene rings is 2. The van der Waals surface area contributed by atoms with E-state index < -0.39 is 28.4 Å². The van der Waals surface area contributed by atoms with Gasteiger partial charge in [-0.25, -0.2) is 9.50 Å². The predicted octanol–water partition coefficient (Wildman–Crippen LogP) is 5.16. The molecule has 10 nitrogen and oxygen atoms in total. The lowest BCUT2D eigenvalue weighted by Crippen LogP contribution is -2.16. The number of halogens is 3. The second-order valence-electron chi connectivity index (χ2n) is 8.62. The number of ether oxygens (including phenoxy) is 3. The van der Waals surface area contributed by atoms with E-state index in [9.17, 15) is 23.3 Å². The minimum Gasteiger partial charge on any atom is -0.493 e. The molecule has 0 bridgehead atoms. The quantitative estimate of drug-likeness (QED) is 0.264. The Morgan fingerprint density at radius 2 is 2.05 bits per heavy atom. The molecule has 1 aliphatic heterocycles. The molecule has 3 heterocycles. The third kappa shape index (κ3) is 4.81. The van der Waals surface area contributed by atoms with E-state index >= 15 is 0 Å². The van der Waals surface area contributed by atoms with Crippen molar-refractivity contribution in [2.75, 3.05) is 25.6 Å². The lowest BCUT2D eigenvalue weighted by molar-refractivity contribution is -0.385. The van der Waals surface area contributed by atoms with Crippen LogP contribution < -0.4 is 14.8 Å². The maximum absolute atomic E-state index is 13.4. The van der Waals surface area contributed by atoms with Gasteiger partial charge < -0.3 is 19.5 Å². The third-order valence-electron chi connectivity index (χ3n) is 6.13. The summed E-state index contributed by atoms with van der Waals surface area (Å²) in [5.74, 6) is 1.25. The van der Waals surface area contributed by atoms with Gasteiger partial charge in [0.2, 0.25) is 0 Å². The van der Waals surface area contributed by atoms with Crippen LogP contribution >= 0.6 is 0 Å². The standard InChI is InChI=1S/C24H22F3N5O5/c1-13(14-7-15(24(25,26)27)9-16(8-14)32(33)34)29-23-18-10-21(37-17-4-6-36-12-17)20(35-2)11-19(18)31-22(30-23)3-5-28-31/h3,5,7-11,13,17H,4,6,12H2,1-2H3,(H,29,30)/t13?,17-/m0/s1. The lowest BCUT2D eigenvalue weighted by atomic mass is 10.0. The number of hydrogen-bond donors (Lipinski definition) is 1. The molecule has 0 amide bonds. The zero-order valence-electron chi connectivity index (χ0n) is 19.8. The number of non-ortho nitro benzene ring substituents is 1. The van der Waals surface area contributed by atoms with Crippen LogP contribution in [-0.4, -0.2) is 45.9 Å². The molecule has 5 rings (SSSR count). The third-order valence-corrected chi connectivity index (χ3v) is 6.13. The first kappa shape index (κ1) is 24.6. The van der Waals surface area contributed by atoms with Crippen LogP contribution in [0.4, 0.5) is 24.7 Å². The van der Waals surface area contributed by atoms with Crippen LogP contribution in [0.15, 0.2) is 42.6 Å². The molecule has 0 aliphatic carbocycles. The fraction of sp³-hybridized carbons (Fsp3) is 0.333. The smallest absolute Gasteiger partial charge is 0.416 e. The second-order valence-corrected chi connectivity index (χ2v) is 8.62. The molecule has 0 spiro atoms. The van der Waals surface area contributed by atoms with Gasteiger partial charge in [0.1, 0.15) is 11.9 Å². The van der Waals surface area contributed by atoms with Crippen LogP contribution in [0.5, 0.6) is 11.5 Å². The summed E-state index contributed by atoms with van der Waals surface area (Å²) >= 11 is 0. The molecule has 0 radical (unpaired) electrons. The summed E-state index contributed by atoms with van der Waals surface area (Å²) in [6.07, 6.45) is -2.62. The van der Waals surface area contributed by atoms with Gasteiger partial charge in [0.05, 0.1) is 48.6 Å². The van der Waals surface area contributed by atoms with Crippen LogP contribution in [0.25, 0.3) is 16.6 Å². The normalized spacial score (nSPS) is 16.7. The van der Waals surface area contributed by atoms with Gasteiger partial charge in [-0.1, -0.05) is 0 Å². The second kappa shape index (κ2) is 9.39. The van der Waals surface area contributed by atoms with E-state index in [1.807, 2.05) is 0 Å². The Kier molecular flexibility index (Phi) is 6.23. The first-order valence-corrected chi connectivity index (χ1v) is 11.4. The molecule has 1 fully saturated rings. The van der Waals surface area contributed by atoms with Crippen LogP contribution in [0, 0.1) is 10.1 Å². The number of aromatic nitrogens is 3. The minimum absolute atomic E-state index is 0.0814. The van der Waals surface area contributed by atoms with Crippen LogP contribution in [-0.2, 0) is 10.9 Å². The summed E-state index contributed by atoms with van der Waals surface area (Å²) < 4.78 is 58.9. The number of alkyl halides is 3. The summed E-state index contributed by atoms with van der Waals surface area (Å²) in [5.41, 5.74) is -0.572. The van der Waals surface area contributed by atoms with Crippen LogP contribution in [0.1, 0.15) is 30.5 Å². The zero-order valence-corrected chi connectivity index (χ0v) is 19.8. The van der Waals surface area contributed by atoms with Gasteiger partial charge in [-0.2, -0.15) is 18.3 Å². The highest BCUT2D eigenvalue weighted by molar-refractivity contribution is 5.94. The van der Waals surface area contributed by atoms with Crippen molar-refractivity contribution < 1.29 is 32.3 Å². The Labute approximate surface area is 208 Å². The topological polar surface area (TPSA) is 113 Å². The summed E-state index contributed by atoms with van der Waals surface area (Å²) in [6.45, 7) is 2.63. The van der Waals surface area contributed by atoms with Crippen molar-refractivity contribution in [2.45, 2.75) is 31.7 Å². The Hall–Kier alpha value is -4.13. The molecule has 194 valence electrons. The Balaban J connectivity index is 1.60. The van der Waals surface area contributed by atoms with E-state index in [2.05, 4.69) is 15.4 Å². The number of rotatable bonds is 7. The highest BCUT2D eigenvalue weighted by Gasteiger charge is 2.33. The number of nitrogens with zero attached hydrogens (tertiary/aromatic N) is 4. The maximum Gasteiger partial charge on any atom is 0.416 e. The van der Waals surface area contributed by atoms with E-state index in [0.29, 0.717) is 59.6 Å². The highest BCUT2D eigenvalue weighted by atomic mass is 19.4. The number of nitro benzene ring substituents is 1. The van der Waals surface area contributed by atoms with Gasteiger partial charge in [0.25, 0.3) is 5.69 Å². The summed E-state index contributed by atoms with van der Waals surface area (Å²) in [4.78, 5) is 15.1. The van der Waals surface area contributed by atoms with E-state index in [1.165, 1.54) is 7.11 Å². The van der Waals surface area contributed by atoms with Gasteiger partial charge in [-0.15, -0.1) is 0 Å². The SMILES string of the molecule is COc1cc2c(cc1O[C@H]1CCOC1)c(NC(C)c1cc([N+](=O)[O-])cc(C(F)(F)F)c1)nc1ccnn12. The van der Waals surface area contributed by atoms with Crippen molar-refractivity contribution in [3.05, 3.63) is 63.8 Å².